The van der Waals surface area contributed by atoms with E-state index in [1.165, 1.54) is 0 Å². The average molecular weight is 524 g/mol. The first kappa shape index (κ1) is 27.7. The van der Waals surface area contributed by atoms with E-state index >= 15 is 0 Å². The van der Waals surface area contributed by atoms with Gasteiger partial charge in [-0.1, -0.05) is 38.2 Å². The van der Waals surface area contributed by atoms with Crippen molar-refractivity contribution in [3.05, 3.63) is 47.2 Å². The third-order valence-corrected chi connectivity index (χ3v) is 6.85. The molecule has 0 saturated heterocycles. The van der Waals surface area contributed by atoms with Gasteiger partial charge in [-0.25, -0.2) is 4.98 Å². The van der Waals surface area contributed by atoms with Gasteiger partial charge in [0.05, 0.1) is 12.6 Å². The molecular formula is C29H37N3O6. The van der Waals surface area contributed by atoms with Gasteiger partial charge in [-0.05, 0) is 44.2 Å². The van der Waals surface area contributed by atoms with E-state index in [0.717, 1.165) is 23.5 Å². The molecule has 0 spiro atoms. The molecule has 2 N–H and O–H groups in total. The van der Waals surface area contributed by atoms with Crippen molar-refractivity contribution in [3.63, 3.8) is 0 Å². The van der Waals surface area contributed by atoms with Crippen molar-refractivity contribution in [2.45, 2.75) is 58.4 Å². The fourth-order valence-corrected chi connectivity index (χ4v) is 4.62. The highest BCUT2D eigenvalue weighted by atomic mass is 16.7. The van der Waals surface area contributed by atoms with Crippen LogP contribution in [0.1, 0.15) is 55.1 Å². The van der Waals surface area contributed by atoms with E-state index in [2.05, 4.69) is 21.7 Å². The molecule has 2 aliphatic heterocycles. The Bertz CT molecular complexity index is 1190. The molecule has 3 heterocycles. The molecule has 1 aromatic heterocycles. The van der Waals surface area contributed by atoms with Crippen molar-refractivity contribution in [3.8, 4) is 29.2 Å². The summed E-state index contributed by atoms with van der Waals surface area (Å²) in [4.78, 5) is 21.9. The number of fused-ring (bicyclic) bond motifs is 2. The maximum Gasteiger partial charge on any atom is 0.259 e. The van der Waals surface area contributed by atoms with Crippen molar-refractivity contribution in [2.24, 2.45) is 5.92 Å². The number of likely N-dealkylation sites (N-methyl/N-ethyl adjacent to an activating group) is 1. The summed E-state index contributed by atoms with van der Waals surface area (Å²) >= 11 is 0. The monoisotopic (exact) mass is 523 g/mol. The zero-order valence-corrected chi connectivity index (χ0v) is 22.5. The van der Waals surface area contributed by atoms with Crippen molar-refractivity contribution in [1.29, 1.82) is 0 Å². The third kappa shape index (κ3) is 6.57. The first-order valence-corrected chi connectivity index (χ1v) is 13.1. The zero-order valence-electron chi connectivity index (χ0n) is 22.5. The van der Waals surface area contributed by atoms with Gasteiger partial charge in [0.1, 0.15) is 17.8 Å². The van der Waals surface area contributed by atoms with Crippen LogP contribution < -0.4 is 14.2 Å². The largest absolute Gasteiger partial charge is 0.472 e. The Labute approximate surface area is 224 Å². The van der Waals surface area contributed by atoms with Crippen LogP contribution in [0.4, 0.5) is 0 Å². The number of rotatable bonds is 8. The van der Waals surface area contributed by atoms with Gasteiger partial charge in [0.15, 0.2) is 11.5 Å². The molecule has 0 fully saturated rings. The summed E-state index contributed by atoms with van der Waals surface area (Å²) < 4.78 is 17.3. The lowest BCUT2D eigenvalue weighted by molar-refractivity contribution is 0.0325. The predicted molar refractivity (Wildman–Crippen MR) is 142 cm³/mol. The summed E-state index contributed by atoms with van der Waals surface area (Å²) in [5.74, 6) is 7.20. The lowest BCUT2D eigenvalue weighted by Crippen LogP contribution is -2.49. The van der Waals surface area contributed by atoms with E-state index in [9.17, 15) is 15.0 Å². The summed E-state index contributed by atoms with van der Waals surface area (Å²) in [6.07, 6.45) is 1.98. The number of carbonyl (C=O) groups is 1. The molecule has 1 amide bonds. The van der Waals surface area contributed by atoms with Crippen LogP contribution in [0.15, 0.2) is 30.5 Å². The minimum Gasteiger partial charge on any atom is -0.472 e. The van der Waals surface area contributed by atoms with Crippen LogP contribution in [-0.2, 0) is 6.54 Å². The minimum absolute atomic E-state index is 0.0224. The van der Waals surface area contributed by atoms with Crippen LogP contribution in [0, 0.1) is 17.8 Å². The Morgan fingerprint density at radius 1 is 1.26 bits per heavy atom. The molecule has 1 unspecified atom stereocenters. The van der Waals surface area contributed by atoms with E-state index in [0.29, 0.717) is 37.2 Å². The number of hydrogen-bond acceptors (Lipinski definition) is 8. The van der Waals surface area contributed by atoms with Crippen molar-refractivity contribution < 1.29 is 29.2 Å². The second-order valence-electron chi connectivity index (χ2n) is 10.2. The number of ether oxygens (including phenoxy) is 3. The highest BCUT2D eigenvalue weighted by Gasteiger charge is 2.34. The Kier molecular flexibility index (Phi) is 9.10. The number of aliphatic hydroxyl groups is 2. The fourth-order valence-electron chi connectivity index (χ4n) is 4.62. The minimum atomic E-state index is -0.731. The Hall–Kier alpha value is -3.32. The summed E-state index contributed by atoms with van der Waals surface area (Å²) in [7, 11) is 2.02. The van der Waals surface area contributed by atoms with Crippen LogP contribution in [-0.4, -0.2) is 82.7 Å². The molecule has 2 aromatic rings. The van der Waals surface area contributed by atoms with Gasteiger partial charge >= 0.3 is 0 Å². The number of aliphatic hydroxyl groups excluding tert-OH is 2. The van der Waals surface area contributed by atoms with Crippen LogP contribution >= 0.6 is 0 Å². The summed E-state index contributed by atoms with van der Waals surface area (Å²) in [5.41, 5.74) is 1.92. The number of nitrogens with zero attached hydrogens (tertiary/aromatic N) is 3. The van der Waals surface area contributed by atoms with Gasteiger partial charge in [0, 0.05) is 37.3 Å². The number of carbonyl (C=O) groups excluding carboxylic acids is 1. The second kappa shape index (κ2) is 12.5. The molecule has 4 rings (SSSR count). The molecule has 1 aromatic carbocycles. The van der Waals surface area contributed by atoms with Crippen LogP contribution in [0.5, 0.6) is 17.4 Å². The zero-order chi connectivity index (χ0) is 27.2. The number of amides is 1. The molecule has 38 heavy (non-hydrogen) atoms. The quantitative estimate of drug-likeness (QED) is 0.509. The molecule has 0 radical (unpaired) electrons. The number of benzene rings is 1. The number of aromatic nitrogens is 1. The maximum atomic E-state index is 13.6. The van der Waals surface area contributed by atoms with Crippen LogP contribution in [0.2, 0.25) is 0 Å². The fraction of sp³-hybridized carbons (Fsp3) is 0.517. The van der Waals surface area contributed by atoms with Crippen molar-refractivity contribution >= 4 is 5.91 Å². The number of hydrogen-bond donors (Lipinski definition) is 2. The van der Waals surface area contributed by atoms with E-state index in [-0.39, 0.29) is 43.3 Å². The van der Waals surface area contributed by atoms with Crippen molar-refractivity contribution in [2.75, 3.05) is 33.5 Å². The summed E-state index contributed by atoms with van der Waals surface area (Å²) in [5, 5.41) is 19.9. The van der Waals surface area contributed by atoms with E-state index in [4.69, 9.17) is 14.2 Å². The Balaban J connectivity index is 1.57. The maximum absolute atomic E-state index is 13.6. The molecule has 9 nitrogen and oxygen atoms in total. The smallest absolute Gasteiger partial charge is 0.259 e. The van der Waals surface area contributed by atoms with Gasteiger partial charge < -0.3 is 29.3 Å². The van der Waals surface area contributed by atoms with E-state index in [1.807, 2.05) is 46.0 Å². The Morgan fingerprint density at radius 2 is 2.05 bits per heavy atom. The van der Waals surface area contributed by atoms with E-state index in [1.54, 1.807) is 17.2 Å². The molecule has 204 valence electrons. The second-order valence-corrected chi connectivity index (χ2v) is 10.2. The molecule has 0 saturated carbocycles. The number of pyridine rings is 1. The molecule has 2 aliphatic rings. The lowest BCUT2D eigenvalue weighted by Gasteiger charge is -2.37. The van der Waals surface area contributed by atoms with E-state index < -0.39 is 6.10 Å². The highest BCUT2D eigenvalue weighted by molar-refractivity contribution is 5.97. The van der Waals surface area contributed by atoms with Gasteiger partial charge in [-0.3, -0.25) is 9.69 Å². The van der Waals surface area contributed by atoms with Crippen LogP contribution in [0.25, 0.3) is 0 Å². The lowest BCUT2D eigenvalue weighted by atomic mass is 9.99. The first-order chi connectivity index (χ1) is 18.3. The standard InChI is InChI=1S/C29H37N3O6/c1-5-6-23(34)9-7-21-11-24-28(30-13-21)38-27(19(2)14-32(29(24)35)20(3)17-33)16-31(4)15-22-8-10-25-26(12-22)37-18-36-25/h8,10-13,19-20,23,27,33-34H,5-6,14-18H2,1-4H3/t19-,20+,23?,27-/m0/s1. The molecule has 4 atom stereocenters. The Morgan fingerprint density at radius 3 is 2.82 bits per heavy atom. The topological polar surface area (TPSA) is 105 Å². The molecule has 0 bridgehead atoms. The summed E-state index contributed by atoms with van der Waals surface area (Å²) in [6.45, 7) is 7.63. The summed E-state index contributed by atoms with van der Waals surface area (Å²) in [6, 6.07) is 7.22. The van der Waals surface area contributed by atoms with Gasteiger partial charge in [0.25, 0.3) is 5.91 Å². The SMILES string of the molecule is CCCC(O)C#Cc1cnc2c(c1)C(=O)N([C@H](C)CO)C[C@H](C)[C@H](CN(C)Cc1ccc3c(c1)OCO3)O2. The highest BCUT2D eigenvalue weighted by Crippen LogP contribution is 2.33. The molecule has 9 heteroatoms. The van der Waals surface area contributed by atoms with Gasteiger partial charge in [0.2, 0.25) is 12.7 Å². The third-order valence-electron chi connectivity index (χ3n) is 6.85. The van der Waals surface area contributed by atoms with Crippen molar-refractivity contribution in [1.82, 2.24) is 14.8 Å². The normalized spacial score (nSPS) is 20.1. The first-order valence-electron chi connectivity index (χ1n) is 13.1. The van der Waals surface area contributed by atoms with Crippen LogP contribution in [0.3, 0.4) is 0 Å². The molecule has 0 aliphatic carbocycles. The van der Waals surface area contributed by atoms with Gasteiger partial charge in [-0.15, -0.1) is 0 Å². The van der Waals surface area contributed by atoms with Gasteiger partial charge in [-0.2, -0.15) is 0 Å². The predicted octanol–water partition coefficient (Wildman–Crippen LogP) is 2.67. The molecular weight excluding hydrogens is 486 g/mol. The average Bonchev–Trinajstić information content (AvgIpc) is 3.37.